The minimum Gasteiger partial charge on any atom is -0.476 e. The van der Waals surface area contributed by atoms with Crippen molar-refractivity contribution >= 4 is 16.9 Å². The predicted molar refractivity (Wildman–Crippen MR) is 69.9 cm³/mol. The van der Waals surface area contributed by atoms with Crippen molar-refractivity contribution in [2.24, 2.45) is 0 Å². The molecule has 4 nitrogen and oxygen atoms in total. The number of fused-ring (bicyclic) bond motifs is 1. The predicted octanol–water partition coefficient (Wildman–Crippen LogP) is 2.96. The van der Waals surface area contributed by atoms with Crippen molar-refractivity contribution in [2.45, 2.75) is 26.2 Å². The summed E-state index contributed by atoms with van der Waals surface area (Å²) in [5, 5.41) is 10.0. The average molecular weight is 247 g/mol. The fraction of sp³-hybridized carbons (Fsp3) is 0.357. The lowest BCUT2D eigenvalue weighted by Gasteiger charge is -2.10. The van der Waals surface area contributed by atoms with Gasteiger partial charge in [0.25, 0.3) is 0 Å². The Balaban J connectivity index is 2.27. The molecule has 0 atom stereocenters. The molecule has 0 fully saturated rings. The van der Waals surface area contributed by atoms with Crippen LogP contribution in [0.4, 0.5) is 0 Å². The quantitative estimate of drug-likeness (QED) is 0.798. The molecule has 1 aromatic heterocycles. The second-order valence-electron chi connectivity index (χ2n) is 4.23. The van der Waals surface area contributed by atoms with E-state index in [4.69, 9.17) is 9.94 Å². The summed E-state index contributed by atoms with van der Waals surface area (Å²) >= 11 is 0. The maximum absolute atomic E-state index is 11.2. The van der Waals surface area contributed by atoms with Crippen LogP contribution in [0.15, 0.2) is 30.3 Å². The van der Waals surface area contributed by atoms with Gasteiger partial charge in [-0.1, -0.05) is 38.0 Å². The van der Waals surface area contributed by atoms with E-state index in [0.717, 1.165) is 30.2 Å². The first-order chi connectivity index (χ1) is 8.74. The molecule has 1 aromatic carbocycles. The highest BCUT2D eigenvalue weighted by atomic mass is 16.7. The molecule has 1 heterocycles. The lowest BCUT2D eigenvalue weighted by molar-refractivity contribution is 0.0605. The van der Waals surface area contributed by atoms with E-state index in [9.17, 15) is 4.79 Å². The summed E-state index contributed by atoms with van der Waals surface area (Å²) in [6, 6.07) is 9.14. The van der Waals surface area contributed by atoms with Gasteiger partial charge in [0.1, 0.15) is 6.61 Å². The molecule has 0 saturated carbocycles. The lowest BCUT2D eigenvalue weighted by Crippen LogP contribution is -2.18. The molecular weight excluding hydrogens is 230 g/mol. The molecule has 2 aromatic rings. The number of carboxylic acids is 1. The fourth-order valence-electron chi connectivity index (χ4n) is 1.93. The molecule has 0 amide bonds. The molecule has 4 heteroatoms. The van der Waals surface area contributed by atoms with Crippen LogP contribution in [0.3, 0.4) is 0 Å². The number of para-hydroxylation sites is 1. The Hall–Kier alpha value is -1.97. The number of hydrogen-bond donors (Lipinski definition) is 1. The zero-order chi connectivity index (χ0) is 13.0. The third-order valence-corrected chi connectivity index (χ3v) is 2.85. The van der Waals surface area contributed by atoms with Crippen LogP contribution in [0.1, 0.15) is 36.7 Å². The van der Waals surface area contributed by atoms with E-state index in [1.54, 1.807) is 6.07 Å². The molecule has 0 aliphatic heterocycles. The van der Waals surface area contributed by atoms with Crippen molar-refractivity contribution in [2.75, 3.05) is 6.61 Å². The first-order valence-electron chi connectivity index (χ1n) is 6.21. The number of carboxylic acid groups (broad SMARTS) is 1. The van der Waals surface area contributed by atoms with Gasteiger partial charge >= 0.3 is 5.97 Å². The van der Waals surface area contributed by atoms with Crippen molar-refractivity contribution in [1.29, 1.82) is 0 Å². The van der Waals surface area contributed by atoms with Gasteiger partial charge in [-0.15, -0.1) is 0 Å². The standard InChI is InChI=1S/C14H17NO3/c1-2-3-6-9-18-15-12-8-5-4-7-11(12)10-13(15)14(16)17/h4-5,7-8,10H,2-3,6,9H2,1H3,(H,16,17). The number of carbonyl (C=O) groups is 1. The lowest BCUT2D eigenvalue weighted by atomic mass is 10.2. The molecule has 0 unspecified atom stereocenters. The van der Waals surface area contributed by atoms with Crippen LogP contribution >= 0.6 is 0 Å². The van der Waals surface area contributed by atoms with Gasteiger partial charge < -0.3 is 9.94 Å². The topological polar surface area (TPSA) is 51.5 Å². The molecule has 0 bridgehead atoms. The third kappa shape index (κ3) is 2.47. The zero-order valence-electron chi connectivity index (χ0n) is 10.4. The maximum Gasteiger partial charge on any atom is 0.356 e. The van der Waals surface area contributed by atoms with E-state index in [-0.39, 0.29) is 5.69 Å². The molecule has 0 aliphatic rings. The molecule has 0 aliphatic carbocycles. The third-order valence-electron chi connectivity index (χ3n) is 2.85. The summed E-state index contributed by atoms with van der Waals surface area (Å²) < 4.78 is 1.42. The van der Waals surface area contributed by atoms with E-state index in [1.807, 2.05) is 24.3 Å². The number of benzene rings is 1. The molecule has 1 N–H and O–H groups in total. The number of rotatable bonds is 6. The Morgan fingerprint density at radius 1 is 1.33 bits per heavy atom. The molecular formula is C14H17NO3. The number of unbranched alkanes of at least 4 members (excludes halogenated alkanes) is 2. The van der Waals surface area contributed by atoms with Gasteiger partial charge in [0.2, 0.25) is 0 Å². The highest BCUT2D eigenvalue weighted by Gasteiger charge is 2.15. The summed E-state index contributed by atoms with van der Waals surface area (Å²) in [4.78, 5) is 16.8. The van der Waals surface area contributed by atoms with E-state index >= 15 is 0 Å². The largest absolute Gasteiger partial charge is 0.476 e. The summed E-state index contributed by atoms with van der Waals surface area (Å²) in [5.74, 6) is -0.971. The molecule has 0 spiro atoms. The smallest absolute Gasteiger partial charge is 0.356 e. The maximum atomic E-state index is 11.2. The highest BCUT2D eigenvalue weighted by molar-refractivity contribution is 5.94. The van der Waals surface area contributed by atoms with Gasteiger partial charge in [0, 0.05) is 5.39 Å². The molecule has 0 saturated heterocycles. The first kappa shape index (κ1) is 12.5. The Morgan fingerprint density at radius 3 is 2.83 bits per heavy atom. The van der Waals surface area contributed by atoms with Crippen LogP contribution in [0, 0.1) is 0 Å². The van der Waals surface area contributed by atoms with Crippen molar-refractivity contribution in [3.8, 4) is 0 Å². The number of aromatic carboxylic acids is 1. The molecule has 2 rings (SSSR count). The minimum atomic E-state index is -0.971. The molecule has 18 heavy (non-hydrogen) atoms. The van der Waals surface area contributed by atoms with Crippen LogP contribution in [0.5, 0.6) is 0 Å². The van der Waals surface area contributed by atoms with E-state index < -0.39 is 5.97 Å². The Kier molecular flexibility index (Phi) is 3.87. The van der Waals surface area contributed by atoms with E-state index in [1.165, 1.54) is 4.73 Å². The molecule has 0 radical (unpaired) electrons. The van der Waals surface area contributed by atoms with E-state index in [2.05, 4.69) is 6.92 Å². The van der Waals surface area contributed by atoms with Gasteiger partial charge in [-0.05, 0) is 18.6 Å². The summed E-state index contributed by atoms with van der Waals surface area (Å²) in [6.45, 7) is 2.65. The van der Waals surface area contributed by atoms with E-state index in [0.29, 0.717) is 6.61 Å². The summed E-state index contributed by atoms with van der Waals surface area (Å²) in [6.07, 6.45) is 3.13. The first-order valence-corrected chi connectivity index (χ1v) is 6.21. The Morgan fingerprint density at radius 2 is 2.11 bits per heavy atom. The zero-order valence-corrected chi connectivity index (χ0v) is 10.4. The van der Waals surface area contributed by atoms with Crippen LogP contribution in [-0.2, 0) is 0 Å². The van der Waals surface area contributed by atoms with Crippen molar-refractivity contribution in [1.82, 2.24) is 4.73 Å². The van der Waals surface area contributed by atoms with Crippen molar-refractivity contribution in [3.05, 3.63) is 36.0 Å². The van der Waals surface area contributed by atoms with Crippen LogP contribution in [0.2, 0.25) is 0 Å². The number of nitrogens with zero attached hydrogens (tertiary/aromatic N) is 1. The molecule has 96 valence electrons. The van der Waals surface area contributed by atoms with Gasteiger partial charge in [-0.2, -0.15) is 4.73 Å². The monoisotopic (exact) mass is 247 g/mol. The second-order valence-corrected chi connectivity index (χ2v) is 4.23. The van der Waals surface area contributed by atoms with Gasteiger partial charge in [-0.25, -0.2) is 4.79 Å². The van der Waals surface area contributed by atoms with Crippen LogP contribution < -0.4 is 4.84 Å². The fourth-order valence-corrected chi connectivity index (χ4v) is 1.93. The number of aromatic nitrogens is 1. The highest BCUT2D eigenvalue weighted by Crippen LogP contribution is 2.18. The van der Waals surface area contributed by atoms with Gasteiger partial charge in [0.15, 0.2) is 5.69 Å². The summed E-state index contributed by atoms with van der Waals surface area (Å²) in [5.41, 5.74) is 0.971. The van der Waals surface area contributed by atoms with Crippen molar-refractivity contribution in [3.63, 3.8) is 0 Å². The second kappa shape index (κ2) is 5.58. The number of hydrogen-bond acceptors (Lipinski definition) is 2. The van der Waals surface area contributed by atoms with Gasteiger partial charge in [0.05, 0.1) is 5.52 Å². The summed E-state index contributed by atoms with van der Waals surface area (Å²) in [7, 11) is 0. The Bertz CT molecular complexity index is 545. The normalized spacial score (nSPS) is 10.7. The van der Waals surface area contributed by atoms with Crippen molar-refractivity contribution < 1.29 is 14.7 Å². The van der Waals surface area contributed by atoms with Gasteiger partial charge in [-0.3, -0.25) is 0 Å². The SMILES string of the molecule is CCCCCOn1c(C(=O)O)cc2ccccc21. The minimum absolute atomic E-state index is 0.174. The average Bonchev–Trinajstić information content (AvgIpc) is 2.74. The van der Waals surface area contributed by atoms with Crippen LogP contribution in [-0.4, -0.2) is 22.4 Å². The van der Waals surface area contributed by atoms with Crippen LogP contribution in [0.25, 0.3) is 10.9 Å². The Labute approximate surface area is 106 Å².